The monoisotopic (exact) mass is 386 g/mol. The second kappa shape index (κ2) is 7.18. The number of nitrogens with zero attached hydrogens (tertiary/aromatic N) is 1. The van der Waals surface area contributed by atoms with Crippen LogP contribution in [0, 0.1) is 0 Å². The number of hydrogen-bond donors (Lipinski definition) is 1. The Bertz CT molecular complexity index is 862. The van der Waals surface area contributed by atoms with Crippen LogP contribution in [0.25, 0.3) is 0 Å². The minimum absolute atomic E-state index is 0.0744. The first-order chi connectivity index (χ1) is 13.4. The smallest absolute Gasteiger partial charge is 0.231 e. The maximum absolute atomic E-state index is 11.0. The van der Waals surface area contributed by atoms with Gasteiger partial charge in [-0.15, -0.1) is 0 Å². The predicted octanol–water partition coefficient (Wildman–Crippen LogP) is 3.23. The number of fused-ring (bicyclic) bond motifs is 2. The maximum atomic E-state index is 11.0. The number of aliphatic hydroxyl groups is 1. The standard InChI is InChI=1S/C22H28NO5/c1-23(2)10-9-15-11-19-21(28-13-27-19)22(26-4)20(15)17(23)12-18(24)14-5-7-16(25-3)8-6-14/h5-8,11,17-18,24H,9-10,12-13H2,1-4H3/q+1. The molecule has 2 aromatic rings. The minimum atomic E-state index is -0.589. The van der Waals surface area contributed by atoms with Gasteiger partial charge in [-0.1, -0.05) is 12.1 Å². The highest BCUT2D eigenvalue weighted by atomic mass is 16.7. The van der Waals surface area contributed by atoms with E-state index in [1.165, 1.54) is 5.56 Å². The molecule has 150 valence electrons. The molecule has 0 saturated heterocycles. The summed E-state index contributed by atoms with van der Waals surface area (Å²) in [5, 5.41) is 11.0. The van der Waals surface area contributed by atoms with E-state index >= 15 is 0 Å². The number of rotatable bonds is 5. The van der Waals surface area contributed by atoms with E-state index in [4.69, 9.17) is 18.9 Å². The van der Waals surface area contributed by atoms with E-state index in [1.54, 1.807) is 14.2 Å². The van der Waals surface area contributed by atoms with E-state index in [9.17, 15) is 5.11 Å². The van der Waals surface area contributed by atoms with E-state index in [0.717, 1.165) is 45.8 Å². The Labute approximate surface area is 165 Å². The summed E-state index contributed by atoms with van der Waals surface area (Å²) < 4.78 is 23.1. The van der Waals surface area contributed by atoms with Crippen molar-refractivity contribution in [2.24, 2.45) is 0 Å². The fourth-order valence-electron chi connectivity index (χ4n) is 4.34. The average Bonchev–Trinajstić information content (AvgIpc) is 3.16. The lowest BCUT2D eigenvalue weighted by molar-refractivity contribution is -0.924. The van der Waals surface area contributed by atoms with Crippen molar-refractivity contribution in [1.82, 2.24) is 0 Å². The Morgan fingerprint density at radius 2 is 1.89 bits per heavy atom. The van der Waals surface area contributed by atoms with Gasteiger partial charge < -0.3 is 28.5 Å². The van der Waals surface area contributed by atoms with Gasteiger partial charge in [-0.05, 0) is 29.3 Å². The lowest BCUT2D eigenvalue weighted by Crippen LogP contribution is -2.48. The Morgan fingerprint density at radius 1 is 1.14 bits per heavy atom. The van der Waals surface area contributed by atoms with Crippen LogP contribution < -0.4 is 18.9 Å². The molecule has 0 fully saturated rings. The van der Waals surface area contributed by atoms with Gasteiger partial charge >= 0.3 is 0 Å². The third-order valence-electron chi connectivity index (χ3n) is 6.03. The number of aliphatic hydroxyl groups excluding tert-OH is 1. The molecule has 6 heteroatoms. The molecule has 2 heterocycles. The van der Waals surface area contributed by atoms with Gasteiger partial charge in [0.15, 0.2) is 11.5 Å². The van der Waals surface area contributed by atoms with Gasteiger partial charge in [-0.3, -0.25) is 0 Å². The van der Waals surface area contributed by atoms with Crippen LogP contribution in [-0.4, -0.2) is 51.2 Å². The number of benzene rings is 2. The molecule has 0 aromatic heterocycles. The fraction of sp³-hybridized carbons (Fsp3) is 0.455. The molecular formula is C22H28NO5+. The molecular weight excluding hydrogens is 358 g/mol. The van der Waals surface area contributed by atoms with E-state index in [-0.39, 0.29) is 12.8 Å². The van der Waals surface area contributed by atoms with E-state index in [1.807, 2.05) is 24.3 Å². The molecule has 2 unspecified atom stereocenters. The largest absolute Gasteiger partial charge is 0.497 e. The number of hydrogen-bond acceptors (Lipinski definition) is 5. The molecule has 0 bridgehead atoms. The molecule has 2 aromatic carbocycles. The molecule has 4 rings (SSSR count). The summed E-state index contributed by atoms with van der Waals surface area (Å²) in [5.41, 5.74) is 3.22. The molecule has 2 aliphatic heterocycles. The van der Waals surface area contributed by atoms with Crippen molar-refractivity contribution >= 4 is 0 Å². The molecule has 2 atom stereocenters. The number of methoxy groups -OCH3 is 2. The molecule has 2 aliphatic rings. The van der Waals surface area contributed by atoms with Gasteiger partial charge in [0.2, 0.25) is 12.5 Å². The first kappa shape index (κ1) is 18.9. The molecule has 0 aliphatic carbocycles. The first-order valence-electron chi connectivity index (χ1n) is 9.58. The first-order valence-corrected chi connectivity index (χ1v) is 9.58. The van der Waals surface area contributed by atoms with Crippen molar-refractivity contribution in [1.29, 1.82) is 0 Å². The molecule has 6 nitrogen and oxygen atoms in total. The van der Waals surface area contributed by atoms with Crippen LogP contribution in [0.3, 0.4) is 0 Å². The van der Waals surface area contributed by atoms with Crippen LogP contribution in [0.2, 0.25) is 0 Å². The van der Waals surface area contributed by atoms with Gasteiger partial charge in [0.1, 0.15) is 11.8 Å². The summed E-state index contributed by atoms with van der Waals surface area (Å²) in [7, 11) is 7.72. The van der Waals surface area contributed by atoms with Crippen molar-refractivity contribution in [3.05, 3.63) is 47.0 Å². The van der Waals surface area contributed by atoms with E-state index in [2.05, 4.69) is 20.2 Å². The molecule has 0 amide bonds. The fourth-order valence-corrected chi connectivity index (χ4v) is 4.34. The lowest BCUT2D eigenvalue weighted by Gasteiger charge is -2.44. The van der Waals surface area contributed by atoms with Gasteiger partial charge in [0, 0.05) is 12.8 Å². The van der Waals surface area contributed by atoms with Crippen molar-refractivity contribution in [3.8, 4) is 23.0 Å². The van der Waals surface area contributed by atoms with Gasteiger partial charge in [0.05, 0.1) is 46.5 Å². The van der Waals surface area contributed by atoms with Crippen LogP contribution >= 0.6 is 0 Å². The van der Waals surface area contributed by atoms with Crippen LogP contribution in [0.4, 0.5) is 0 Å². The quantitative estimate of drug-likeness (QED) is 0.800. The Kier molecular flexibility index (Phi) is 4.85. The summed E-state index contributed by atoms with van der Waals surface area (Å²) in [6.45, 7) is 1.20. The summed E-state index contributed by atoms with van der Waals surface area (Å²) >= 11 is 0. The van der Waals surface area contributed by atoms with Crippen LogP contribution in [0.5, 0.6) is 23.0 Å². The third-order valence-corrected chi connectivity index (χ3v) is 6.03. The highest BCUT2D eigenvalue weighted by Gasteiger charge is 2.42. The zero-order valence-electron chi connectivity index (χ0n) is 16.9. The average molecular weight is 386 g/mol. The van der Waals surface area contributed by atoms with Gasteiger partial charge in [0.25, 0.3) is 0 Å². The highest BCUT2D eigenvalue weighted by molar-refractivity contribution is 5.61. The molecule has 0 saturated carbocycles. The number of ether oxygens (including phenoxy) is 4. The maximum Gasteiger partial charge on any atom is 0.231 e. The topological polar surface area (TPSA) is 57.2 Å². The van der Waals surface area contributed by atoms with E-state index in [0.29, 0.717) is 12.2 Å². The van der Waals surface area contributed by atoms with Crippen molar-refractivity contribution in [2.75, 3.05) is 41.7 Å². The summed E-state index contributed by atoms with van der Waals surface area (Å²) in [6.07, 6.45) is 0.932. The van der Waals surface area contributed by atoms with E-state index < -0.39 is 6.10 Å². The van der Waals surface area contributed by atoms with Gasteiger partial charge in [-0.2, -0.15) is 0 Å². The van der Waals surface area contributed by atoms with Crippen molar-refractivity contribution in [3.63, 3.8) is 0 Å². The minimum Gasteiger partial charge on any atom is -0.497 e. The third kappa shape index (κ3) is 3.16. The van der Waals surface area contributed by atoms with Crippen LogP contribution in [0.1, 0.15) is 35.3 Å². The van der Waals surface area contributed by atoms with Gasteiger partial charge in [-0.25, -0.2) is 0 Å². The van der Waals surface area contributed by atoms with Crippen LogP contribution in [-0.2, 0) is 6.42 Å². The zero-order chi connectivity index (χ0) is 19.9. The highest BCUT2D eigenvalue weighted by Crippen LogP contribution is 2.52. The molecule has 1 N–H and O–H groups in total. The molecule has 28 heavy (non-hydrogen) atoms. The Hall–Kier alpha value is -2.44. The second-order valence-electron chi connectivity index (χ2n) is 8.01. The van der Waals surface area contributed by atoms with Crippen molar-refractivity contribution < 1.29 is 28.5 Å². The van der Waals surface area contributed by atoms with Crippen LogP contribution in [0.15, 0.2) is 30.3 Å². The normalized spacial score (nSPS) is 20.4. The second-order valence-corrected chi connectivity index (χ2v) is 8.01. The SMILES string of the molecule is COc1ccc(C(O)CC2c3c(cc4c(c3OC)OCO4)CC[N+]2(C)C)cc1. The summed E-state index contributed by atoms with van der Waals surface area (Å²) in [5.74, 6) is 2.94. The number of quaternary nitrogens is 1. The molecule has 0 spiro atoms. The Balaban J connectivity index is 1.72. The van der Waals surface area contributed by atoms with Crippen molar-refractivity contribution in [2.45, 2.75) is 25.0 Å². The number of likely N-dealkylation sites (N-methyl/N-ethyl adjacent to an activating group) is 1. The predicted molar refractivity (Wildman–Crippen MR) is 105 cm³/mol. The Morgan fingerprint density at radius 3 is 2.57 bits per heavy atom. The zero-order valence-corrected chi connectivity index (χ0v) is 16.9. The summed E-state index contributed by atoms with van der Waals surface area (Å²) in [4.78, 5) is 0. The summed E-state index contributed by atoms with van der Waals surface area (Å²) in [6, 6.07) is 9.75. The molecule has 0 radical (unpaired) electrons. The lowest BCUT2D eigenvalue weighted by atomic mass is 9.85.